The van der Waals surface area contributed by atoms with Crippen LogP contribution in [0.3, 0.4) is 0 Å². The Morgan fingerprint density at radius 3 is 2.29 bits per heavy atom. The van der Waals surface area contributed by atoms with Gasteiger partial charge >= 0.3 is 0 Å². The number of nitrogens with zero attached hydrogens (tertiary/aromatic N) is 3. The molecule has 1 aromatic rings. The predicted octanol–water partition coefficient (Wildman–Crippen LogP) is 0.582. The van der Waals surface area contributed by atoms with E-state index in [-0.39, 0.29) is 5.91 Å². The third-order valence-corrected chi connectivity index (χ3v) is 2.92. The van der Waals surface area contributed by atoms with E-state index in [0.717, 1.165) is 11.5 Å². The van der Waals surface area contributed by atoms with Crippen molar-refractivity contribution in [1.82, 2.24) is 14.3 Å². The summed E-state index contributed by atoms with van der Waals surface area (Å²) in [4.78, 5) is 17.8. The highest BCUT2D eigenvalue weighted by atomic mass is 32.1. The van der Waals surface area contributed by atoms with Crippen LogP contribution in [-0.2, 0) is 9.47 Å². The smallest absolute Gasteiger partial charge is 0.284 e. The fourth-order valence-corrected chi connectivity index (χ4v) is 1.88. The quantitative estimate of drug-likeness (QED) is 0.716. The summed E-state index contributed by atoms with van der Waals surface area (Å²) in [6.45, 7) is 3.80. The predicted molar refractivity (Wildman–Crippen MR) is 64.3 cm³/mol. The zero-order valence-electron chi connectivity index (χ0n) is 10.3. The van der Waals surface area contributed by atoms with Crippen LogP contribution in [-0.4, -0.2) is 60.7 Å². The van der Waals surface area contributed by atoms with E-state index < -0.39 is 0 Å². The molecule has 6 nitrogen and oxygen atoms in total. The van der Waals surface area contributed by atoms with Crippen molar-refractivity contribution >= 4 is 17.4 Å². The molecular formula is C10H17N3O3S. The molecule has 0 aliphatic rings. The van der Waals surface area contributed by atoms with Crippen molar-refractivity contribution in [3.63, 3.8) is 0 Å². The van der Waals surface area contributed by atoms with E-state index in [1.165, 1.54) is 0 Å². The van der Waals surface area contributed by atoms with Crippen molar-refractivity contribution in [2.45, 2.75) is 6.92 Å². The highest BCUT2D eigenvalue weighted by Crippen LogP contribution is 2.08. The molecule has 0 aromatic carbocycles. The number of aryl methyl sites for hydroxylation is 1. The van der Waals surface area contributed by atoms with Crippen LogP contribution in [0.25, 0.3) is 0 Å². The first-order chi connectivity index (χ1) is 8.19. The largest absolute Gasteiger partial charge is 0.383 e. The van der Waals surface area contributed by atoms with Crippen molar-refractivity contribution in [3.8, 4) is 0 Å². The van der Waals surface area contributed by atoms with Gasteiger partial charge in [0.25, 0.3) is 5.91 Å². The second-order valence-corrected chi connectivity index (χ2v) is 4.18. The molecule has 0 aliphatic carbocycles. The molecule has 1 amide bonds. The lowest BCUT2D eigenvalue weighted by Crippen LogP contribution is -2.36. The zero-order valence-corrected chi connectivity index (χ0v) is 11.1. The first-order valence-corrected chi connectivity index (χ1v) is 6.03. The molecule has 0 saturated carbocycles. The van der Waals surface area contributed by atoms with Crippen molar-refractivity contribution in [1.29, 1.82) is 0 Å². The number of rotatable bonds is 7. The number of amides is 1. The minimum Gasteiger partial charge on any atom is -0.383 e. The van der Waals surface area contributed by atoms with E-state index in [0.29, 0.717) is 37.1 Å². The van der Waals surface area contributed by atoms with Crippen molar-refractivity contribution in [3.05, 3.63) is 10.8 Å². The molecule has 0 aliphatic heterocycles. The van der Waals surface area contributed by atoms with Gasteiger partial charge < -0.3 is 14.4 Å². The molecule has 7 heteroatoms. The molecule has 0 bridgehead atoms. The normalized spacial score (nSPS) is 10.5. The summed E-state index contributed by atoms with van der Waals surface area (Å²) in [5.41, 5.74) is 0. The fraction of sp³-hybridized carbons (Fsp3) is 0.700. The average molecular weight is 259 g/mol. The SMILES string of the molecule is COCCN(CCOC)C(=O)c1nc(C)ns1. The lowest BCUT2D eigenvalue weighted by molar-refractivity contribution is 0.0627. The molecule has 96 valence electrons. The maximum Gasteiger partial charge on any atom is 0.284 e. The molecule has 0 spiro atoms. The topological polar surface area (TPSA) is 64.6 Å². The average Bonchev–Trinajstić information content (AvgIpc) is 2.75. The number of methoxy groups -OCH3 is 2. The Morgan fingerprint density at radius 1 is 1.29 bits per heavy atom. The summed E-state index contributed by atoms with van der Waals surface area (Å²) < 4.78 is 14.0. The Balaban J connectivity index is 2.64. The van der Waals surface area contributed by atoms with Gasteiger partial charge in [-0.05, 0) is 18.5 Å². The van der Waals surface area contributed by atoms with E-state index in [1.807, 2.05) is 0 Å². The van der Waals surface area contributed by atoms with Gasteiger partial charge in [0.05, 0.1) is 13.2 Å². The van der Waals surface area contributed by atoms with Crippen molar-refractivity contribution < 1.29 is 14.3 Å². The fourth-order valence-electron chi connectivity index (χ4n) is 1.24. The van der Waals surface area contributed by atoms with E-state index in [1.54, 1.807) is 26.0 Å². The molecule has 1 aromatic heterocycles. The van der Waals surface area contributed by atoms with Crippen LogP contribution >= 0.6 is 11.5 Å². The number of ether oxygens (including phenoxy) is 2. The van der Waals surface area contributed by atoms with E-state index in [4.69, 9.17) is 9.47 Å². The molecule has 0 saturated heterocycles. The monoisotopic (exact) mass is 259 g/mol. The summed E-state index contributed by atoms with van der Waals surface area (Å²) in [6, 6.07) is 0. The van der Waals surface area contributed by atoms with Gasteiger partial charge in [0, 0.05) is 27.3 Å². The molecule has 1 heterocycles. The molecule has 17 heavy (non-hydrogen) atoms. The van der Waals surface area contributed by atoms with Gasteiger partial charge in [-0.15, -0.1) is 0 Å². The lowest BCUT2D eigenvalue weighted by atomic mass is 10.4. The van der Waals surface area contributed by atoms with Gasteiger partial charge in [-0.3, -0.25) is 4.79 Å². The van der Waals surface area contributed by atoms with Crippen LogP contribution in [0, 0.1) is 6.92 Å². The van der Waals surface area contributed by atoms with Gasteiger partial charge in [-0.25, -0.2) is 4.98 Å². The number of hydrogen-bond donors (Lipinski definition) is 0. The molecule has 0 fully saturated rings. The number of aromatic nitrogens is 2. The maximum absolute atomic E-state index is 12.1. The highest BCUT2D eigenvalue weighted by molar-refractivity contribution is 7.07. The number of carbonyl (C=O) groups excluding carboxylic acids is 1. The zero-order chi connectivity index (χ0) is 12.7. The Hall–Kier alpha value is -1.05. The van der Waals surface area contributed by atoms with Gasteiger partial charge in [0.15, 0.2) is 0 Å². The molecule has 1 rings (SSSR count). The standard InChI is InChI=1S/C10H17N3O3S/c1-8-11-9(17-12-8)10(14)13(4-6-15-2)5-7-16-3/h4-7H2,1-3H3. The molecule has 0 N–H and O–H groups in total. The Bertz CT molecular complexity index is 348. The van der Waals surface area contributed by atoms with E-state index in [9.17, 15) is 4.79 Å². The second-order valence-electron chi connectivity index (χ2n) is 3.42. The van der Waals surface area contributed by atoms with Crippen LogP contribution in [0.4, 0.5) is 0 Å². The molecule has 0 atom stereocenters. The first kappa shape index (κ1) is 14.0. The third kappa shape index (κ3) is 4.37. The molecular weight excluding hydrogens is 242 g/mol. The molecule has 0 unspecified atom stereocenters. The number of hydrogen-bond acceptors (Lipinski definition) is 6. The second kappa shape index (κ2) is 7.31. The van der Waals surface area contributed by atoms with Crippen LogP contribution in [0.15, 0.2) is 0 Å². The summed E-state index contributed by atoms with van der Waals surface area (Å²) in [7, 11) is 3.21. The molecule has 0 radical (unpaired) electrons. The highest BCUT2D eigenvalue weighted by Gasteiger charge is 2.18. The Kier molecular flexibility index (Phi) is 6.03. The number of carbonyl (C=O) groups is 1. The van der Waals surface area contributed by atoms with E-state index in [2.05, 4.69) is 9.36 Å². The van der Waals surface area contributed by atoms with E-state index >= 15 is 0 Å². The van der Waals surface area contributed by atoms with Gasteiger partial charge in [0.1, 0.15) is 5.82 Å². The third-order valence-electron chi connectivity index (χ3n) is 2.13. The maximum atomic E-state index is 12.1. The van der Waals surface area contributed by atoms with Crippen LogP contribution < -0.4 is 0 Å². The van der Waals surface area contributed by atoms with Gasteiger partial charge in [-0.1, -0.05) is 0 Å². The van der Waals surface area contributed by atoms with Gasteiger partial charge in [0.2, 0.25) is 5.01 Å². The van der Waals surface area contributed by atoms with Gasteiger partial charge in [-0.2, -0.15) is 4.37 Å². The van der Waals surface area contributed by atoms with Crippen LogP contribution in [0.5, 0.6) is 0 Å². The van der Waals surface area contributed by atoms with Crippen molar-refractivity contribution in [2.24, 2.45) is 0 Å². The minimum atomic E-state index is -0.121. The summed E-state index contributed by atoms with van der Waals surface area (Å²) in [5.74, 6) is 0.501. The van der Waals surface area contributed by atoms with Crippen molar-refractivity contribution in [2.75, 3.05) is 40.5 Å². The van der Waals surface area contributed by atoms with Crippen LogP contribution in [0.2, 0.25) is 0 Å². The minimum absolute atomic E-state index is 0.121. The van der Waals surface area contributed by atoms with Crippen LogP contribution in [0.1, 0.15) is 15.6 Å². The lowest BCUT2D eigenvalue weighted by Gasteiger charge is -2.20. The Morgan fingerprint density at radius 2 is 1.88 bits per heavy atom. The Labute approximate surface area is 105 Å². The summed E-state index contributed by atoms with van der Waals surface area (Å²) >= 11 is 1.12. The summed E-state index contributed by atoms with van der Waals surface area (Å²) in [6.07, 6.45) is 0. The summed E-state index contributed by atoms with van der Waals surface area (Å²) in [5, 5.41) is 0.412. The first-order valence-electron chi connectivity index (χ1n) is 5.26.